The fraction of sp³-hybridized carbons (Fsp3) is 0.318. The van der Waals surface area contributed by atoms with Crippen LogP contribution in [0, 0.1) is 0 Å². The molecule has 0 unspecified atom stereocenters. The van der Waals surface area contributed by atoms with E-state index >= 15 is 0 Å². The van der Waals surface area contributed by atoms with Crippen molar-refractivity contribution in [2.75, 3.05) is 66.1 Å². The molecule has 0 amide bonds. The Morgan fingerprint density at radius 2 is 0.815 bits per heavy atom. The summed E-state index contributed by atoms with van der Waals surface area (Å²) >= 11 is 0. The Bertz CT molecular complexity index is 1910. The molecule has 4 aromatic carbocycles. The van der Waals surface area contributed by atoms with E-state index in [1.165, 1.54) is 0 Å². The van der Waals surface area contributed by atoms with Gasteiger partial charge in [0.2, 0.25) is 0 Å². The molecule has 10 heteroatoms. The third kappa shape index (κ3) is 9.97. The first-order chi connectivity index (χ1) is 26.8. The van der Waals surface area contributed by atoms with Gasteiger partial charge < -0.3 is 37.9 Å². The third-order valence-electron chi connectivity index (χ3n) is 8.94. The van der Waals surface area contributed by atoms with Crippen LogP contribution in [0.1, 0.15) is 22.5 Å². The fourth-order valence-corrected chi connectivity index (χ4v) is 6.48. The molecule has 3 heterocycles. The van der Waals surface area contributed by atoms with E-state index in [-0.39, 0.29) is 0 Å². The molecule has 1 aliphatic heterocycles. The van der Waals surface area contributed by atoms with Gasteiger partial charge in [0.15, 0.2) is 0 Å². The van der Waals surface area contributed by atoms with Crippen molar-refractivity contribution < 1.29 is 37.9 Å². The quantitative estimate of drug-likeness (QED) is 0.155. The Morgan fingerprint density at radius 3 is 1.22 bits per heavy atom. The number of rotatable bonds is 8. The lowest BCUT2D eigenvalue weighted by atomic mass is 9.88. The monoisotopic (exact) mass is 730 g/mol. The van der Waals surface area contributed by atoms with Crippen LogP contribution >= 0.6 is 0 Å². The number of pyridine rings is 2. The molecule has 7 rings (SSSR count). The van der Waals surface area contributed by atoms with Crippen LogP contribution < -0.4 is 9.47 Å². The lowest BCUT2D eigenvalue weighted by Crippen LogP contribution is -2.16. The minimum atomic E-state index is 0.301. The highest BCUT2D eigenvalue weighted by molar-refractivity contribution is 6.10. The van der Waals surface area contributed by atoms with Crippen molar-refractivity contribution >= 4 is 21.5 Å². The molecule has 0 radical (unpaired) electrons. The van der Waals surface area contributed by atoms with E-state index in [1.54, 1.807) is 12.4 Å². The van der Waals surface area contributed by atoms with Gasteiger partial charge in [-0.05, 0) is 57.9 Å². The van der Waals surface area contributed by atoms with Gasteiger partial charge in [-0.3, -0.25) is 9.97 Å². The van der Waals surface area contributed by atoms with Gasteiger partial charge in [0.05, 0.1) is 90.7 Å². The summed E-state index contributed by atoms with van der Waals surface area (Å²) < 4.78 is 49.5. The number of benzene rings is 4. The van der Waals surface area contributed by atoms with Crippen LogP contribution in [0.4, 0.5) is 0 Å². The van der Waals surface area contributed by atoms with Crippen molar-refractivity contribution in [3.63, 3.8) is 0 Å². The predicted molar refractivity (Wildman–Crippen MR) is 207 cm³/mol. The van der Waals surface area contributed by atoms with E-state index in [2.05, 4.69) is 58.5 Å². The Morgan fingerprint density at radius 1 is 0.426 bits per heavy atom. The van der Waals surface area contributed by atoms with Crippen LogP contribution in [0.15, 0.2) is 109 Å². The van der Waals surface area contributed by atoms with Crippen LogP contribution in [0.2, 0.25) is 0 Å². The zero-order valence-electron chi connectivity index (χ0n) is 30.5. The highest BCUT2D eigenvalue weighted by atomic mass is 16.6. The normalized spacial score (nSPS) is 15.1. The highest BCUT2D eigenvalue weighted by Gasteiger charge is 2.25. The van der Waals surface area contributed by atoms with Crippen molar-refractivity contribution in [3.8, 4) is 22.6 Å². The number of nitrogens with zero attached hydrogens (tertiary/aromatic N) is 2. The van der Waals surface area contributed by atoms with Gasteiger partial charge in [0, 0.05) is 34.6 Å². The minimum absolute atomic E-state index is 0.301. The summed E-state index contributed by atoms with van der Waals surface area (Å²) in [6.07, 6.45) is 3.55. The minimum Gasteiger partial charge on any atom is -0.490 e. The van der Waals surface area contributed by atoms with E-state index in [0.29, 0.717) is 104 Å². The van der Waals surface area contributed by atoms with Crippen molar-refractivity contribution in [2.24, 2.45) is 0 Å². The molecule has 0 spiro atoms. The molecule has 0 aliphatic carbocycles. The van der Waals surface area contributed by atoms with E-state index in [1.807, 2.05) is 48.5 Å². The summed E-state index contributed by atoms with van der Waals surface area (Å²) in [5.74, 6) is 1.41. The van der Waals surface area contributed by atoms with Crippen LogP contribution in [0.3, 0.4) is 0 Å². The maximum absolute atomic E-state index is 6.80. The first-order valence-corrected chi connectivity index (χ1v) is 18.5. The van der Waals surface area contributed by atoms with Crippen molar-refractivity contribution in [2.45, 2.75) is 26.4 Å². The lowest BCUT2D eigenvalue weighted by molar-refractivity contribution is -0.00720. The summed E-state index contributed by atoms with van der Waals surface area (Å²) in [5.41, 5.74) is 5.33. The van der Waals surface area contributed by atoms with Gasteiger partial charge in [-0.15, -0.1) is 0 Å². The van der Waals surface area contributed by atoms with E-state index in [0.717, 1.165) is 55.2 Å². The molecular weight excluding hydrogens is 684 g/mol. The van der Waals surface area contributed by atoms with Gasteiger partial charge in [0.1, 0.15) is 24.7 Å². The SMILES string of the molecule is c1ccc(COCc2cc3ccccc3c3c2OCCOCCOCCOCCOCCOc2c(COCc4ccccn4)cc4ccccc4c2-3)nc1. The summed E-state index contributed by atoms with van der Waals surface area (Å²) in [7, 11) is 0. The molecule has 6 aromatic rings. The standard InChI is InChI=1S/C44H46N2O8/c1-3-13-39-33(9-1)27-35(29-51-31-37-11-5-7-15-45-37)43-41(39)42-40-14-4-2-10-34(40)28-36(30-52-32-38-12-6-8-16-46-38)44(42)54-26-24-50-22-20-48-18-17-47-19-21-49-23-25-53-43/h1-16,27-28H,17-26,29-32H2. The molecule has 0 fully saturated rings. The Hall–Kier alpha value is -4.94. The van der Waals surface area contributed by atoms with Crippen molar-refractivity contribution in [1.29, 1.82) is 0 Å². The number of ether oxygens (including phenoxy) is 8. The third-order valence-corrected chi connectivity index (χ3v) is 8.94. The van der Waals surface area contributed by atoms with Crippen LogP contribution in [-0.2, 0) is 54.8 Å². The average molecular weight is 731 g/mol. The molecule has 54 heavy (non-hydrogen) atoms. The zero-order valence-corrected chi connectivity index (χ0v) is 30.5. The van der Waals surface area contributed by atoms with Gasteiger partial charge in [-0.25, -0.2) is 0 Å². The summed E-state index contributed by atoms with van der Waals surface area (Å²) in [5, 5.41) is 4.14. The number of fused-ring (bicyclic) bond motifs is 7. The topological polar surface area (TPSA) is 99.6 Å². The van der Waals surface area contributed by atoms with E-state index in [4.69, 9.17) is 37.9 Å². The number of hydrogen-bond donors (Lipinski definition) is 0. The summed E-state index contributed by atoms with van der Waals surface area (Å²) in [4.78, 5) is 8.91. The van der Waals surface area contributed by atoms with Crippen LogP contribution in [-0.4, -0.2) is 76.0 Å². The fourth-order valence-electron chi connectivity index (χ4n) is 6.48. The van der Waals surface area contributed by atoms with Crippen molar-refractivity contribution in [3.05, 3.63) is 132 Å². The first kappa shape index (κ1) is 37.4. The van der Waals surface area contributed by atoms with E-state index in [9.17, 15) is 0 Å². The second kappa shape index (κ2) is 19.9. The Labute approximate surface area is 315 Å². The molecule has 0 N–H and O–H groups in total. The number of hydrogen-bond acceptors (Lipinski definition) is 10. The maximum Gasteiger partial charge on any atom is 0.133 e. The Balaban J connectivity index is 1.35. The molecular formula is C44H46N2O8. The van der Waals surface area contributed by atoms with Crippen LogP contribution in [0.25, 0.3) is 32.7 Å². The van der Waals surface area contributed by atoms with Gasteiger partial charge in [-0.1, -0.05) is 60.7 Å². The largest absolute Gasteiger partial charge is 0.490 e. The average Bonchev–Trinajstić information content (AvgIpc) is 3.21. The summed E-state index contributed by atoms with van der Waals surface area (Å²) in [6, 6.07) is 32.7. The molecule has 0 bridgehead atoms. The number of aromatic nitrogens is 2. The molecule has 10 nitrogen and oxygen atoms in total. The highest BCUT2D eigenvalue weighted by Crippen LogP contribution is 2.49. The molecule has 1 aliphatic rings. The maximum atomic E-state index is 6.80. The Kier molecular flexibility index (Phi) is 13.8. The molecule has 0 atom stereocenters. The van der Waals surface area contributed by atoms with Gasteiger partial charge >= 0.3 is 0 Å². The van der Waals surface area contributed by atoms with Crippen molar-refractivity contribution in [1.82, 2.24) is 9.97 Å². The molecule has 0 saturated heterocycles. The second-order valence-corrected chi connectivity index (χ2v) is 12.7. The first-order valence-electron chi connectivity index (χ1n) is 18.5. The zero-order chi connectivity index (χ0) is 36.6. The molecule has 280 valence electrons. The lowest BCUT2D eigenvalue weighted by Gasteiger charge is -2.24. The smallest absolute Gasteiger partial charge is 0.133 e. The van der Waals surface area contributed by atoms with Gasteiger partial charge in [-0.2, -0.15) is 0 Å². The predicted octanol–water partition coefficient (Wildman–Crippen LogP) is 7.72. The molecule has 0 saturated carbocycles. The molecule has 2 aromatic heterocycles. The van der Waals surface area contributed by atoms with Crippen LogP contribution in [0.5, 0.6) is 11.5 Å². The summed E-state index contributed by atoms with van der Waals surface area (Å²) in [6.45, 7) is 5.51. The second-order valence-electron chi connectivity index (χ2n) is 12.7. The van der Waals surface area contributed by atoms with E-state index < -0.39 is 0 Å². The van der Waals surface area contributed by atoms with Gasteiger partial charge in [0.25, 0.3) is 0 Å².